The first-order valence-corrected chi connectivity index (χ1v) is 8.02. The molecule has 0 radical (unpaired) electrons. The molecular formula is C19H20N2O3. The number of nitrogens with zero attached hydrogens (tertiary/aromatic N) is 2. The van der Waals surface area contributed by atoms with E-state index in [2.05, 4.69) is 0 Å². The van der Waals surface area contributed by atoms with Gasteiger partial charge in [0.2, 0.25) is 5.91 Å². The van der Waals surface area contributed by atoms with Crippen LogP contribution in [0.25, 0.3) is 0 Å². The molecule has 3 rings (SSSR count). The number of hydrogen-bond donors (Lipinski definition) is 0. The van der Waals surface area contributed by atoms with Crippen molar-refractivity contribution in [1.82, 2.24) is 0 Å². The van der Waals surface area contributed by atoms with Gasteiger partial charge in [0.15, 0.2) is 0 Å². The monoisotopic (exact) mass is 324 g/mol. The van der Waals surface area contributed by atoms with E-state index in [-0.39, 0.29) is 17.0 Å². The molecule has 0 aliphatic carbocycles. The van der Waals surface area contributed by atoms with Crippen molar-refractivity contribution in [3.05, 3.63) is 69.8 Å². The Kier molecular flexibility index (Phi) is 4.09. The predicted octanol–water partition coefficient (Wildman–Crippen LogP) is 3.85. The number of fused-ring (bicyclic) bond motifs is 1. The summed E-state index contributed by atoms with van der Waals surface area (Å²) in [5.41, 5.74) is 2.51. The minimum absolute atomic E-state index is 0.00287. The first kappa shape index (κ1) is 16.2. The van der Waals surface area contributed by atoms with Crippen molar-refractivity contribution in [3.63, 3.8) is 0 Å². The second-order valence-corrected chi connectivity index (χ2v) is 6.79. The predicted molar refractivity (Wildman–Crippen MR) is 93.2 cm³/mol. The zero-order chi connectivity index (χ0) is 17.3. The highest BCUT2D eigenvalue weighted by atomic mass is 16.6. The SMILES string of the molecule is CC(C)(CC(=O)N1CCc2ccc([N+](=O)[O-])cc21)c1ccccc1. The van der Waals surface area contributed by atoms with Crippen LogP contribution in [0.15, 0.2) is 48.5 Å². The highest BCUT2D eigenvalue weighted by Gasteiger charge is 2.31. The fourth-order valence-corrected chi connectivity index (χ4v) is 3.21. The number of benzene rings is 2. The Hall–Kier alpha value is -2.69. The van der Waals surface area contributed by atoms with E-state index in [1.54, 1.807) is 11.0 Å². The molecule has 0 spiro atoms. The molecule has 5 heteroatoms. The molecule has 0 N–H and O–H groups in total. The smallest absolute Gasteiger partial charge is 0.271 e. The quantitative estimate of drug-likeness (QED) is 0.634. The lowest BCUT2D eigenvalue weighted by molar-refractivity contribution is -0.384. The Bertz CT molecular complexity index is 784. The number of non-ortho nitro benzene ring substituents is 1. The lowest BCUT2D eigenvalue weighted by Gasteiger charge is -2.27. The maximum Gasteiger partial charge on any atom is 0.271 e. The Morgan fingerprint density at radius 1 is 1.21 bits per heavy atom. The summed E-state index contributed by atoms with van der Waals surface area (Å²) in [5.74, 6) is 0.00287. The van der Waals surface area contributed by atoms with Gasteiger partial charge in [-0.1, -0.05) is 50.2 Å². The number of rotatable bonds is 4. The van der Waals surface area contributed by atoms with E-state index in [4.69, 9.17) is 0 Å². The van der Waals surface area contributed by atoms with Crippen LogP contribution in [0.1, 0.15) is 31.4 Å². The lowest BCUT2D eigenvalue weighted by atomic mass is 9.81. The van der Waals surface area contributed by atoms with E-state index in [9.17, 15) is 14.9 Å². The molecule has 24 heavy (non-hydrogen) atoms. The molecule has 5 nitrogen and oxygen atoms in total. The molecule has 124 valence electrons. The summed E-state index contributed by atoms with van der Waals surface area (Å²) in [6.07, 6.45) is 1.10. The summed E-state index contributed by atoms with van der Waals surface area (Å²) in [6.45, 7) is 4.68. The average molecular weight is 324 g/mol. The second-order valence-electron chi connectivity index (χ2n) is 6.79. The van der Waals surface area contributed by atoms with Crippen LogP contribution in [0.5, 0.6) is 0 Å². The van der Waals surface area contributed by atoms with Gasteiger partial charge in [0.05, 0.1) is 10.6 Å². The van der Waals surface area contributed by atoms with Gasteiger partial charge in [-0.2, -0.15) is 0 Å². The highest BCUT2D eigenvalue weighted by molar-refractivity contribution is 5.96. The average Bonchev–Trinajstić information content (AvgIpc) is 2.98. The molecule has 1 aliphatic heterocycles. The normalized spacial score (nSPS) is 13.7. The summed E-state index contributed by atoms with van der Waals surface area (Å²) in [5, 5.41) is 11.0. The van der Waals surface area contributed by atoms with Gasteiger partial charge in [-0.05, 0) is 23.0 Å². The van der Waals surface area contributed by atoms with Crippen molar-refractivity contribution in [1.29, 1.82) is 0 Å². The van der Waals surface area contributed by atoms with Crippen molar-refractivity contribution >= 4 is 17.3 Å². The van der Waals surface area contributed by atoms with Crippen molar-refractivity contribution in [2.45, 2.75) is 32.1 Å². The molecule has 0 unspecified atom stereocenters. The van der Waals surface area contributed by atoms with Crippen molar-refractivity contribution in [2.24, 2.45) is 0 Å². The Morgan fingerprint density at radius 2 is 1.92 bits per heavy atom. The molecule has 0 saturated carbocycles. The standard InChI is InChI=1S/C19H20N2O3/c1-19(2,15-6-4-3-5-7-15)13-18(22)20-11-10-14-8-9-16(21(23)24)12-17(14)20/h3-9,12H,10-11,13H2,1-2H3. The molecule has 0 bridgehead atoms. The molecule has 1 heterocycles. The van der Waals surface area contributed by atoms with Gasteiger partial charge in [0.1, 0.15) is 0 Å². The van der Waals surface area contributed by atoms with E-state index < -0.39 is 4.92 Å². The Labute approximate surface area is 141 Å². The number of amides is 1. The Balaban J connectivity index is 1.83. The maximum absolute atomic E-state index is 12.8. The summed E-state index contributed by atoms with van der Waals surface area (Å²) in [7, 11) is 0. The summed E-state index contributed by atoms with van der Waals surface area (Å²) in [6, 6.07) is 14.7. The fourth-order valence-electron chi connectivity index (χ4n) is 3.21. The van der Waals surface area contributed by atoms with Crippen LogP contribution in [0, 0.1) is 10.1 Å². The van der Waals surface area contributed by atoms with Crippen LogP contribution in [0.2, 0.25) is 0 Å². The first-order valence-electron chi connectivity index (χ1n) is 8.02. The molecule has 2 aromatic carbocycles. The van der Waals surface area contributed by atoms with Gasteiger partial charge in [-0.3, -0.25) is 14.9 Å². The minimum Gasteiger partial charge on any atom is -0.312 e. The largest absolute Gasteiger partial charge is 0.312 e. The molecule has 1 aliphatic rings. The number of hydrogen-bond acceptors (Lipinski definition) is 3. The van der Waals surface area contributed by atoms with E-state index in [0.29, 0.717) is 18.7 Å². The molecule has 1 amide bonds. The highest BCUT2D eigenvalue weighted by Crippen LogP contribution is 2.34. The van der Waals surface area contributed by atoms with E-state index in [0.717, 1.165) is 17.5 Å². The number of nitro groups is 1. The molecular weight excluding hydrogens is 304 g/mol. The maximum atomic E-state index is 12.8. The number of anilines is 1. The molecule has 2 aromatic rings. The third kappa shape index (κ3) is 3.02. The van der Waals surface area contributed by atoms with Crippen molar-refractivity contribution < 1.29 is 9.72 Å². The Morgan fingerprint density at radius 3 is 2.58 bits per heavy atom. The summed E-state index contributed by atoms with van der Waals surface area (Å²) in [4.78, 5) is 25.1. The van der Waals surface area contributed by atoms with Crippen LogP contribution in [0.3, 0.4) is 0 Å². The zero-order valence-corrected chi connectivity index (χ0v) is 13.9. The van der Waals surface area contributed by atoms with E-state index >= 15 is 0 Å². The van der Waals surface area contributed by atoms with Crippen molar-refractivity contribution in [2.75, 3.05) is 11.4 Å². The first-order chi connectivity index (χ1) is 11.4. The third-order valence-electron chi connectivity index (χ3n) is 4.62. The van der Waals surface area contributed by atoms with Crippen molar-refractivity contribution in [3.8, 4) is 0 Å². The van der Waals surface area contributed by atoms with Gasteiger partial charge >= 0.3 is 0 Å². The molecule has 0 saturated heterocycles. The zero-order valence-electron chi connectivity index (χ0n) is 13.9. The second kappa shape index (κ2) is 6.07. The number of carbonyl (C=O) groups excluding carboxylic acids is 1. The third-order valence-corrected chi connectivity index (χ3v) is 4.62. The van der Waals surface area contributed by atoms with Gasteiger partial charge in [-0.15, -0.1) is 0 Å². The van der Waals surface area contributed by atoms with Crippen LogP contribution < -0.4 is 4.90 Å². The van der Waals surface area contributed by atoms with Crippen LogP contribution in [0.4, 0.5) is 11.4 Å². The van der Waals surface area contributed by atoms with Gasteiger partial charge in [0, 0.05) is 25.1 Å². The lowest BCUT2D eigenvalue weighted by Crippen LogP contribution is -2.34. The molecule has 0 atom stereocenters. The van der Waals surface area contributed by atoms with Crippen LogP contribution in [-0.2, 0) is 16.6 Å². The number of carbonyl (C=O) groups is 1. The van der Waals surface area contributed by atoms with E-state index in [1.807, 2.05) is 44.2 Å². The molecule has 0 fully saturated rings. The van der Waals surface area contributed by atoms with Crippen LogP contribution in [-0.4, -0.2) is 17.4 Å². The number of nitro benzene ring substituents is 1. The topological polar surface area (TPSA) is 63.5 Å². The van der Waals surface area contributed by atoms with E-state index in [1.165, 1.54) is 12.1 Å². The summed E-state index contributed by atoms with van der Waals surface area (Å²) < 4.78 is 0. The minimum atomic E-state index is -0.421. The fraction of sp³-hybridized carbons (Fsp3) is 0.316. The van der Waals surface area contributed by atoms with Crippen LogP contribution >= 0.6 is 0 Å². The van der Waals surface area contributed by atoms with Gasteiger partial charge in [0.25, 0.3) is 5.69 Å². The summed E-state index contributed by atoms with van der Waals surface area (Å²) >= 11 is 0. The molecule has 0 aromatic heterocycles. The van der Waals surface area contributed by atoms with Gasteiger partial charge in [-0.25, -0.2) is 0 Å². The van der Waals surface area contributed by atoms with Gasteiger partial charge < -0.3 is 4.90 Å².